The third-order valence-corrected chi connectivity index (χ3v) is 3.42. The SMILES string of the molecule is CNC(=O)c1ccc(CNCc2cnn(C)c2C)cc1. The van der Waals surface area contributed by atoms with Crippen molar-refractivity contribution < 1.29 is 4.79 Å². The zero-order chi connectivity index (χ0) is 14.5. The minimum atomic E-state index is -0.0597. The highest BCUT2D eigenvalue weighted by molar-refractivity contribution is 5.93. The van der Waals surface area contributed by atoms with Gasteiger partial charge in [0.2, 0.25) is 0 Å². The summed E-state index contributed by atoms with van der Waals surface area (Å²) in [5.41, 5.74) is 4.21. The molecular weight excluding hydrogens is 252 g/mol. The lowest BCUT2D eigenvalue weighted by molar-refractivity contribution is 0.0963. The van der Waals surface area contributed by atoms with Crippen molar-refractivity contribution in [3.63, 3.8) is 0 Å². The molecule has 0 bridgehead atoms. The fraction of sp³-hybridized carbons (Fsp3) is 0.333. The van der Waals surface area contributed by atoms with Gasteiger partial charge in [-0.15, -0.1) is 0 Å². The normalized spacial score (nSPS) is 10.6. The van der Waals surface area contributed by atoms with Crippen LogP contribution in [0.5, 0.6) is 0 Å². The first-order chi connectivity index (χ1) is 9.61. The molecule has 5 nitrogen and oxygen atoms in total. The molecule has 5 heteroatoms. The Morgan fingerprint density at radius 2 is 1.95 bits per heavy atom. The molecule has 0 fully saturated rings. The number of aryl methyl sites for hydroxylation is 1. The number of aromatic nitrogens is 2. The molecular formula is C15H20N4O. The van der Waals surface area contributed by atoms with Crippen molar-refractivity contribution in [3.8, 4) is 0 Å². The van der Waals surface area contributed by atoms with Gasteiger partial charge in [0.1, 0.15) is 0 Å². The van der Waals surface area contributed by atoms with Crippen molar-refractivity contribution in [2.75, 3.05) is 7.05 Å². The van der Waals surface area contributed by atoms with Gasteiger partial charge in [0.15, 0.2) is 0 Å². The molecule has 1 aromatic carbocycles. The third-order valence-electron chi connectivity index (χ3n) is 3.42. The van der Waals surface area contributed by atoms with E-state index in [0.717, 1.165) is 18.7 Å². The van der Waals surface area contributed by atoms with Gasteiger partial charge < -0.3 is 10.6 Å². The molecule has 0 aliphatic heterocycles. The average Bonchev–Trinajstić information content (AvgIpc) is 2.79. The lowest BCUT2D eigenvalue weighted by Gasteiger charge is -2.06. The second kappa shape index (κ2) is 6.34. The Balaban J connectivity index is 1.88. The number of amides is 1. The quantitative estimate of drug-likeness (QED) is 0.864. The number of rotatable bonds is 5. The molecule has 2 N–H and O–H groups in total. The van der Waals surface area contributed by atoms with E-state index >= 15 is 0 Å². The molecule has 2 aromatic rings. The van der Waals surface area contributed by atoms with Gasteiger partial charge in [0.25, 0.3) is 5.91 Å². The van der Waals surface area contributed by atoms with E-state index in [0.29, 0.717) is 5.56 Å². The lowest BCUT2D eigenvalue weighted by Crippen LogP contribution is -2.18. The largest absolute Gasteiger partial charge is 0.355 e. The van der Waals surface area contributed by atoms with Crippen LogP contribution in [-0.2, 0) is 20.1 Å². The van der Waals surface area contributed by atoms with E-state index < -0.39 is 0 Å². The van der Waals surface area contributed by atoms with Crippen molar-refractivity contribution in [2.24, 2.45) is 7.05 Å². The summed E-state index contributed by atoms with van der Waals surface area (Å²) >= 11 is 0. The molecule has 106 valence electrons. The molecule has 0 aliphatic rings. The van der Waals surface area contributed by atoms with E-state index in [2.05, 4.69) is 22.7 Å². The fourth-order valence-corrected chi connectivity index (χ4v) is 1.98. The number of carbonyl (C=O) groups is 1. The van der Waals surface area contributed by atoms with E-state index in [9.17, 15) is 4.79 Å². The Morgan fingerprint density at radius 3 is 2.50 bits per heavy atom. The Bertz CT molecular complexity index is 586. The van der Waals surface area contributed by atoms with Crippen LogP contribution < -0.4 is 10.6 Å². The summed E-state index contributed by atoms with van der Waals surface area (Å²) in [6, 6.07) is 7.61. The Morgan fingerprint density at radius 1 is 1.25 bits per heavy atom. The Hall–Kier alpha value is -2.14. The molecule has 1 aromatic heterocycles. The smallest absolute Gasteiger partial charge is 0.251 e. The van der Waals surface area contributed by atoms with Crippen LogP contribution in [0, 0.1) is 6.92 Å². The molecule has 0 saturated carbocycles. The van der Waals surface area contributed by atoms with Crippen molar-refractivity contribution >= 4 is 5.91 Å². The zero-order valence-corrected chi connectivity index (χ0v) is 12.1. The maximum absolute atomic E-state index is 11.4. The highest BCUT2D eigenvalue weighted by Crippen LogP contribution is 2.07. The summed E-state index contributed by atoms with van der Waals surface area (Å²) in [5.74, 6) is -0.0597. The molecule has 0 atom stereocenters. The van der Waals surface area contributed by atoms with Crippen LogP contribution in [0.25, 0.3) is 0 Å². The monoisotopic (exact) mass is 272 g/mol. The van der Waals surface area contributed by atoms with Crippen molar-refractivity contribution in [3.05, 3.63) is 52.8 Å². The molecule has 0 aliphatic carbocycles. The van der Waals surface area contributed by atoms with E-state index in [4.69, 9.17) is 0 Å². The van der Waals surface area contributed by atoms with Crippen molar-refractivity contribution in [1.82, 2.24) is 20.4 Å². The molecule has 2 rings (SSSR count). The fourth-order valence-electron chi connectivity index (χ4n) is 1.98. The van der Waals surface area contributed by atoms with Gasteiger partial charge in [0.05, 0.1) is 6.20 Å². The topological polar surface area (TPSA) is 59.0 Å². The van der Waals surface area contributed by atoms with Gasteiger partial charge in [-0.2, -0.15) is 5.10 Å². The summed E-state index contributed by atoms with van der Waals surface area (Å²) in [6.45, 7) is 3.61. The summed E-state index contributed by atoms with van der Waals surface area (Å²) < 4.78 is 1.87. The number of nitrogens with one attached hydrogen (secondary N) is 2. The highest BCUT2D eigenvalue weighted by Gasteiger charge is 2.04. The Labute approximate surface area is 119 Å². The third kappa shape index (κ3) is 3.24. The van der Waals surface area contributed by atoms with Crippen LogP contribution in [0.2, 0.25) is 0 Å². The summed E-state index contributed by atoms with van der Waals surface area (Å²) in [5, 5.41) is 10.2. The van der Waals surface area contributed by atoms with Gasteiger partial charge in [-0.25, -0.2) is 0 Å². The highest BCUT2D eigenvalue weighted by atomic mass is 16.1. The van der Waals surface area contributed by atoms with Gasteiger partial charge in [-0.1, -0.05) is 12.1 Å². The van der Waals surface area contributed by atoms with Crippen LogP contribution in [0.1, 0.15) is 27.2 Å². The molecule has 0 saturated heterocycles. The van der Waals surface area contributed by atoms with Crippen LogP contribution in [0.15, 0.2) is 30.5 Å². The van der Waals surface area contributed by atoms with Crippen LogP contribution >= 0.6 is 0 Å². The first-order valence-electron chi connectivity index (χ1n) is 6.61. The second-order valence-corrected chi connectivity index (χ2v) is 4.76. The number of carbonyl (C=O) groups excluding carboxylic acids is 1. The summed E-state index contributed by atoms with van der Waals surface area (Å²) in [6.07, 6.45) is 1.89. The Kier molecular flexibility index (Phi) is 4.53. The summed E-state index contributed by atoms with van der Waals surface area (Å²) in [4.78, 5) is 11.4. The number of hydrogen-bond donors (Lipinski definition) is 2. The molecule has 0 radical (unpaired) electrons. The van der Waals surface area contributed by atoms with Crippen LogP contribution in [0.4, 0.5) is 0 Å². The standard InChI is InChI=1S/C15H20N4O/c1-11-14(10-18-19(11)3)9-17-8-12-4-6-13(7-5-12)15(20)16-2/h4-7,10,17H,8-9H2,1-3H3,(H,16,20). The molecule has 20 heavy (non-hydrogen) atoms. The van der Waals surface area contributed by atoms with Gasteiger partial charge in [-0.05, 0) is 24.6 Å². The molecule has 0 spiro atoms. The average molecular weight is 272 g/mol. The van der Waals surface area contributed by atoms with Crippen molar-refractivity contribution in [2.45, 2.75) is 20.0 Å². The molecule has 1 amide bonds. The number of benzene rings is 1. The van der Waals surface area contributed by atoms with E-state index in [1.807, 2.05) is 42.2 Å². The maximum atomic E-state index is 11.4. The number of hydrogen-bond acceptors (Lipinski definition) is 3. The predicted octanol–water partition coefficient (Wildman–Crippen LogP) is 1.38. The van der Waals surface area contributed by atoms with E-state index in [-0.39, 0.29) is 5.91 Å². The van der Waals surface area contributed by atoms with Crippen LogP contribution in [0.3, 0.4) is 0 Å². The van der Waals surface area contributed by atoms with Gasteiger partial charge in [0, 0.05) is 44.0 Å². The first kappa shape index (κ1) is 14.3. The van der Waals surface area contributed by atoms with Gasteiger partial charge in [-0.3, -0.25) is 9.48 Å². The molecule has 1 heterocycles. The predicted molar refractivity (Wildman–Crippen MR) is 78.3 cm³/mol. The summed E-state index contributed by atoms with van der Waals surface area (Å²) in [7, 11) is 3.57. The van der Waals surface area contributed by atoms with Crippen molar-refractivity contribution in [1.29, 1.82) is 0 Å². The number of nitrogens with zero attached hydrogens (tertiary/aromatic N) is 2. The van der Waals surface area contributed by atoms with E-state index in [1.165, 1.54) is 11.3 Å². The lowest BCUT2D eigenvalue weighted by atomic mass is 10.1. The second-order valence-electron chi connectivity index (χ2n) is 4.76. The van der Waals surface area contributed by atoms with Crippen LogP contribution in [-0.4, -0.2) is 22.7 Å². The van der Waals surface area contributed by atoms with Gasteiger partial charge >= 0.3 is 0 Å². The first-order valence-corrected chi connectivity index (χ1v) is 6.61. The van der Waals surface area contributed by atoms with E-state index in [1.54, 1.807) is 7.05 Å². The maximum Gasteiger partial charge on any atom is 0.251 e. The minimum Gasteiger partial charge on any atom is -0.355 e. The molecule has 0 unspecified atom stereocenters. The minimum absolute atomic E-state index is 0.0597. The zero-order valence-electron chi connectivity index (χ0n) is 12.1.